The van der Waals surface area contributed by atoms with E-state index in [1.807, 2.05) is 89.2 Å². The van der Waals surface area contributed by atoms with Crippen molar-refractivity contribution in [3.05, 3.63) is 122 Å². The van der Waals surface area contributed by atoms with Crippen LogP contribution < -0.4 is 10.2 Å². The molecular weight excluding hydrogens is 560 g/mol. The van der Waals surface area contributed by atoms with Gasteiger partial charge in [-0.1, -0.05) is 82.7 Å². The van der Waals surface area contributed by atoms with Gasteiger partial charge in [0.05, 0.1) is 16.8 Å². The summed E-state index contributed by atoms with van der Waals surface area (Å²) in [6, 6.07) is 24.8. The molecule has 1 fully saturated rings. The Morgan fingerprint density at radius 2 is 1.66 bits per heavy atom. The first kappa shape index (κ1) is 23.3. The minimum atomic E-state index is -1.28. The molecule has 1 amide bonds. The van der Waals surface area contributed by atoms with Gasteiger partial charge in [-0.15, -0.1) is 11.3 Å². The Morgan fingerprint density at radius 3 is 2.45 bits per heavy atom. The van der Waals surface area contributed by atoms with Gasteiger partial charge < -0.3 is 10.2 Å². The third-order valence-electron chi connectivity index (χ3n) is 7.99. The molecule has 0 saturated carbocycles. The third kappa shape index (κ3) is 3.12. The van der Waals surface area contributed by atoms with Crippen LogP contribution in [0.25, 0.3) is 6.08 Å². The van der Waals surface area contributed by atoms with Gasteiger partial charge in [0, 0.05) is 21.4 Å². The molecule has 1 spiro atoms. The highest BCUT2D eigenvalue weighted by molar-refractivity contribution is 9.10. The van der Waals surface area contributed by atoms with E-state index in [2.05, 4.69) is 21.2 Å². The van der Waals surface area contributed by atoms with Crippen molar-refractivity contribution in [3.63, 3.8) is 0 Å². The summed E-state index contributed by atoms with van der Waals surface area (Å²) in [6.07, 6.45) is 4.00. The van der Waals surface area contributed by atoms with E-state index in [0.29, 0.717) is 16.1 Å². The number of thiophene rings is 1. The van der Waals surface area contributed by atoms with E-state index in [4.69, 9.17) is 0 Å². The highest BCUT2D eigenvalue weighted by atomic mass is 79.9. The van der Waals surface area contributed by atoms with E-state index in [-0.39, 0.29) is 17.5 Å². The van der Waals surface area contributed by atoms with Crippen molar-refractivity contribution in [1.29, 1.82) is 0 Å². The number of carbonyl (C=O) groups is 3. The summed E-state index contributed by atoms with van der Waals surface area (Å²) in [4.78, 5) is 45.8. The van der Waals surface area contributed by atoms with Gasteiger partial charge in [0.2, 0.25) is 5.91 Å². The van der Waals surface area contributed by atoms with Crippen molar-refractivity contribution < 1.29 is 14.4 Å². The smallest absolute Gasteiger partial charge is 0.238 e. The van der Waals surface area contributed by atoms with Crippen molar-refractivity contribution in [2.24, 2.45) is 5.92 Å². The largest absolute Gasteiger partial charge is 0.352 e. The van der Waals surface area contributed by atoms with Gasteiger partial charge in [0.1, 0.15) is 11.5 Å². The Kier molecular flexibility index (Phi) is 5.29. The molecule has 3 aliphatic rings. The Morgan fingerprint density at radius 1 is 0.895 bits per heavy atom. The number of hydrogen-bond donors (Lipinski definition) is 1. The van der Waals surface area contributed by atoms with Gasteiger partial charge >= 0.3 is 0 Å². The molecule has 186 valence electrons. The fraction of sp³-hybridized carbons (Fsp3) is 0.129. The molecule has 0 radical (unpaired) electrons. The average molecular weight is 581 g/mol. The SMILES string of the molecule is O=C(c1cccs1)[C@@H]1[C@H](C(=O)c2ccc(Br)cc2)N2c3ccccc3C=C[C@@H]2[C@@]12C(=O)Nc1ccccc12. The number of nitrogens with zero attached hydrogens (tertiary/aromatic N) is 1. The van der Waals surface area contributed by atoms with Crippen LogP contribution in [0.5, 0.6) is 0 Å². The highest BCUT2D eigenvalue weighted by Gasteiger charge is 2.70. The second-order valence-electron chi connectivity index (χ2n) is 9.77. The lowest BCUT2D eigenvalue weighted by molar-refractivity contribution is -0.121. The fourth-order valence-electron chi connectivity index (χ4n) is 6.48. The Bertz CT molecular complexity index is 1650. The number of hydrogen-bond acceptors (Lipinski definition) is 5. The Labute approximate surface area is 231 Å². The number of amides is 1. The normalized spacial score (nSPS) is 24.6. The van der Waals surface area contributed by atoms with Crippen molar-refractivity contribution in [3.8, 4) is 0 Å². The van der Waals surface area contributed by atoms with Crippen molar-refractivity contribution >= 4 is 62.2 Å². The lowest BCUT2D eigenvalue weighted by Crippen LogP contribution is -2.51. The highest BCUT2D eigenvalue weighted by Crippen LogP contribution is 2.58. The van der Waals surface area contributed by atoms with E-state index < -0.39 is 23.4 Å². The predicted molar refractivity (Wildman–Crippen MR) is 153 cm³/mol. The van der Waals surface area contributed by atoms with Crippen LogP contribution in [0.15, 0.2) is 101 Å². The molecule has 4 heterocycles. The zero-order chi connectivity index (χ0) is 26.0. The molecule has 7 rings (SSSR count). The van der Waals surface area contributed by atoms with Gasteiger partial charge in [-0.05, 0) is 46.8 Å². The Balaban J connectivity index is 1.54. The maximum Gasteiger partial charge on any atom is 0.238 e. The molecule has 4 aromatic rings. The van der Waals surface area contributed by atoms with Gasteiger partial charge in [-0.2, -0.15) is 0 Å². The van der Waals surface area contributed by atoms with Gasteiger partial charge in [-0.25, -0.2) is 0 Å². The minimum Gasteiger partial charge on any atom is -0.352 e. The summed E-state index contributed by atoms with van der Waals surface area (Å²) in [7, 11) is 0. The van der Waals surface area contributed by atoms with E-state index in [1.165, 1.54) is 11.3 Å². The molecule has 3 aromatic carbocycles. The fourth-order valence-corrected chi connectivity index (χ4v) is 7.45. The summed E-state index contributed by atoms with van der Waals surface area (Å²) in [5.74, 6) is -1.57. The molecule has 1 aromatic heterocycles. The van der Waals surface area contributed by atoms with Crippen LogP contribution in [0, 0.1) is 5.92 Å². The second-order valence-corrected chi connectivity index (χ2v) is 11.6. The topological polar surface area (TPSA) is 66.5 Å². The van der Waals surface area contributed by atoms with Crippen molar-refractivity contribution in [2.45, 2.75) is 17.5 Å². The molecule has 1 N–H and O–H groups in total. The maximum atomic E-state index is 14.5. The maximum absolute atomic E-state index is 14.5. The van der Waals surface area contributed by atoms with Gasteiger partial charge in [0.15, 0.2) is 11.6 Å². The lowest BCUT2D eigenvalue weighted by Gasteiger charge is -2.37. The quantitative estimate of drug-likeness (QED) is 0.285. The number of anilines is 2. The number of halogens is 1. The summed E-state index contributed by atoms with van der Waals surface area (Å²) >= 11 is 4.79. The molecule has 4 atom stereocenters. The molecule has 0 aliphatic carbocycles. The van der Waals surface area contributed by atoms with Crippen LogP contribution in [-0.4, -0.2) is 29.6 Å². The van der Waals surface area contributed by atoms with Gasteiger partial charge in [-0.3, -0.25) is 14.4 Å². The minimum absolute atomic E-state index is 0.184. The third-order valence-corrected chi connectivity index (χ3v) is 9.40. The number of benzene rings is 3. The second kappa shape index (κ2) is 8.61. The van der Waals surface area contributed by atoms with E-state index >= 15 is 0 Å². The predicted octanol–water partition coefficient (Wildman–Crippen LogP) is 6.37. The number of carbonyl (C=O) groups excluding carboxylic acids is 3. The number of rotatable bonds is 4. The average Bonchev–Trinajstić information content (AvgIpc) is 3.65. The zero-order valence-electron chi connectivity index (χ0n) is 20.0. The summed E-state index contributed by atoms with van der Waals surface area (Å²) in [5, 5.41) is 4.91. The first-order valence-electron chi connectivity index (χ1n) is 12.4. The number of fused-ring (bicyclic) bond motifs is 6. The van der Waals surface area contributed by atoms with Crippen molar-refractivity contribution in [1.82, 2.24) is 0 Å². The number of para-hydroxylation sites is 2. The van der Waals surface area contributed by atoms with E-state index in [0.717, 1.165) is 21.3 Å². The molecule has 1 saturated heterocycles. The molecular formula is C31H21BrN2O3S. The number of nitrogens with one attached hydrogen (secondary N) is 1. The molecule has 38 heavy (non-hydrogen) atoms. The van der Waals surface area contributed by atoms with Gasteiger partial charge in [0.25, 0.3) is 0 Å². The first-order chi connectivity index (χ1) is 18.5. The zero-order valence-corrected chi connectivity index (χ0v) is 22.4. The monoisotopic (exact) mass is 580 g/mol. The van der Waals surface area contributed by atoms with Crippen LogP contribution in [0.1, 0.15) is 31.2 Å². The first-order valence-corrected chi connectivity index (χ1v) is 14.0. The molecule has 5 nitrogen and oxygen atoms in total. The summed E-state index contributed by atoms with van der Waals surface area (Å²) < 4.78 is 0.858. The van der Waals surface area contributed by atoms with Crippen LogP contribution in [-0.2, 0) is 10.2 Å². The van der Waals surface area contributed by atoms with Crippen molar-refractivity contribution in [2.75, 3.05) is 10.2 Å². The number of ketones is 2. The lowest BCUT2D eigenvalue weighted by atomic mass is 9.64. The van der Waals surface area contributed by atoms with Crippen LogP contribution in [0.3, 0.4) is 0 Å². The molecule has 0 unspecified atom stereocenters. The molecule has 7 heteroatoms. The standard InChI is InChI=1S/C31H21BrN2O3S/c32-20-14-11-19(12-15-20)28(35)27-26(29(36)24-10-5-17-38-24)31(21-7-2-3-8-22(21)33-30(31)37)25-16-13-18-6-1-4-9-23(18)34(25)27/h1-17,25-27H,(H,33,37)/t25-,26+,27-,31-/m1/s1. The van der Waals surface area contributed by atoms with E-state index in [9.17, 15) is 14.4 Å². The van der Waals surface area contributed by atoms with Crippen LogP contribution >= 0.6 is 27.3 Å². The summed E-state index contributed by atoms with van der Waals surface area (Å²) in [5.41, 5.74) is 2.45. The summed E-state index contributed by atoms with van der Waals surface area (Å²) in [6.45, 7) is 0. The van der Waals surface area contributed by atoms with Crippen LogP contribution in [0.4, 0.5) is 11.4 Å². The van der Waals surface area contributed by atoms with Crippen LogP contribution in [0.2, 0.25) is 0 Å². The van der Waals surface area contributed by atoms with E-state index in [1.54, 1.807) is 18.2 Å². The number of Topliss-reactive ketones (excluding diaryl/α,β-unsaturated/α-hetero) is 2. The molecule has 0 bridgehead atoms. The molecule has 3 aliphatic heterocycles. The Hall–Kier alpha value is -3.81.